The minimum absolute atomic E-state index is 0.0600. The molecule has 0 spiro atoms. The molecule has 4 aliphatic carbocycles. The highest BCUT2D eigenvalue weighted by Crippen LogP contribution is 2.70. The van der Waals surface area contributed by atoms with E-state index in [2.05, 4.69) is 13.8 Å². The van der Waals surface area contributed by atoms with Gasteiger partial charge in [0.2, 0.25) is 0 Å². The van der Waals surface area contributed by atoms with Gasteiger partial charge in [-0.15, -0.1) is 0 Å². The Kier molecular flexibility index (Phi) is 3.44. The van der Waals surface area contributed by atoms with E-state index in [-0.39, 0.29) is 11.8 Å². The average Bonchev–Trinajstić information content (AvgIpc) is 2.21. The van der Waals surface area contributed by atoms with Gasteiger partial charge in [-0.05, 0) is 73.5 Å². The fourth-order valence-corrected chi connectivity index (χ4v) is 6.71. The zero-order valence-electron chi connectivity index (χ0n) is 13.1. The number of hydrogen-bond donors (Lipinski definition) is 1. The Morgan fingerprint density at radius 3 is 2.10 bits per heavy atom. The molecule has 0 aromatic rings. The molecule has 1 N–H and O–H groups in total. The van der Waals surface area contributed by atoms with E-state index in [1.807, 2.05) is 0 Å². The van der Waals surface area contributed by atoms with Crippen LogP contribution in [-0.4, -0.2) is 17.4 Å². The topological polar surface area (TPSA) is 20.2 Å². The molecule has 4 aliphatic rings. The summed E-state index contributed by atoms with van der Waals surface area (Å²) in [5.74, 6) is 0.675. The fourth-order valence-electron chi connectivity index (χ4n) is 6.71. The van der Waals surface area contributed by atoms with Crippen molar-refractivity contribution >= 4 is 0 Å². The molecule has 1 nitrogen and oxygen atoms in total. The van der Waals surface area contributed by atoms with Crippen molar-refractivity contribution in [1.29, 1.82) is 0 Å². The predicted octanol–water partition coefficient (Wildman–Crippen LogP) is 5.08. The van der Waals surface area contributed by atoms with Gasteiger partial charge in [-0.1, -0.05) is 13.8 Å². The summed E-state index contributed by atoms with van der Waals surface area (Å²) >= 11 is 0. The van der Waals surface area contributed by atoms with Crippen molar-refractivity contribution in [2.45, 2.75) is 83.9 Å². The average molecular weight is 304 g/mol. The Labute approximate surface area is 125 Å². The second kappa shape index (κ2) is 4.62. The molecule has 4 fully saturated rings. The highest BCUT2D eigenvalue weighted by Gasteiger charge is 2.61. The molecule has 4 heteroatoms. The number of rotatable bonds is 4. The van der Waals surface area contributed by atoms with E-state index in [4.69, 9.17) is 0 Å². The smallest absolute Gasteiger partial charge is 0.389 e. The molecule has 122 valence electrons. The molecule has 0 aromatic carbocycles. The molecule has 4 saturated carbocycles. The molecule has 3 atom stereocenters. The highest BCUT2D eigenvalue weighted by atomic mass is 19.4. The number of aliphatic hydroxyl groups is 1. The van der Waals surface area contributed by atoms with Crippen LogP contribution in [0, 0.1) is 22.2 Å². The minimum atomic E-state index is -4.10. The maximum absolute atomic E-state index is 12.3. The first-order chi connectivity index (χ1) is 9.53. The number of alkyl halides is 3. The van der Waals surface area contributed by atoms with Crippen molar-refractivity contribution in [2.24, 2.45) is 22.2 Å². The van der Waals surface area contributed by atoms with Crippen LogP contribution in [0.2, 0.25) is 0 Å². The predicted molar refractivity (Wildman–Crippen MR) is 75.8 cm³/mol. The van der Waals surface area contributed by atoms with Crippen molar-refractivity contribution in [3.05, 3.63) is 0 Å². The SMILES string of the molecule is CC12CC3CC(C)(C1)CC(C(O)CCCC(F)(F)F)(C3)C2. The minimum Gasteiger partial charge on any atom is -0.393 e. The third-order valence-corrected chi connectivity index (χ3v) is 6.31. The van der Waals surface area contributed by atoms with Gasteiger partial charge in [0.25, 0.3) is 0 Å². The van der Waals surface area contributed by atoms with E-state index in [1.165, 1.54) is 19.3 Å². The van der Waals surface area contributed by atoms with E-state index in [1.54, 1.807) is 0 Å². The van der Waals surface area contributed by atoms with Crippen LogP contribution in [0.25, 0.3) is 0 Å². The van der Waals surface area contributed by atoms with E-state index >= 15 is 0 Å². The Morgan fingerprint density at radius 1 is 1.05 bits per heavy atom. The largest absolute Gasteiger partial charge is 0.393 e. The van der Waals surface area contributed by atoms with Gasteiger partial charge in [-0.3, -0.25) is 0 Å². The van der Waals surface area contributed by atoms with Crippen molar-refractivity contribution in [2.75, 3.05) is 0 Å². The van der Waals surface area contributed by atoms with E-state index in [0.29, 0.717) is 23.2 Å². The van der Waals surface area contributed by atoms with Crippen LogP contribution < -0.4 is 0 Å². The third-order valence-electron chi connectivity index (χ3n) is 6.31. The van der Waals surface area contributed by atoms with E-state index in [9.17, 15) is 18.3 Å². The van der Waals surface area contributed by atoms with Crippen LogP contribution in [-0.2, 0) is 0 Å². The molecule has 21 heavy (non-hydrogen) atoms. The van der Waals surface area contributed by atoms with E-state index < -0.39 is 18.7 Å². The molecule has 4 bridgehead atoms. The lowest BCUT2D eigenvalue weighted by atomic mass is 9.39. The van der Waals surface area contributed by atoms with Gasteiger partial charge in [0, 0.05) is 6.42 Å². The summed E-state index contributed by atoms with van der Waals surface area (Å²) in [6, 6.07) is 0. The lowest BCUT2D eigenvalue weighted by molar-refractivity contribution is -0.188. The Balaban J connectivity index is 1.69. The maximum atomic E-state index is 12.3. The van der Waals surface area contributed by atoms with Crippen LogP contribution in [0.1, 0.15) is 71.6 Å². The lowest BCUT2D eigenvalue weighted by Gasteiger charge is -2.66. The van der Waals surface area contributed by atoms with Gasteiger partial charge >= 0.3 is 6.18 Å². The molecular formula is C17H27F3O. The third kappa shape index (κ3) is 2.97. The van der Waals surface area contributed by atoms with Gasteiger partial charge in [-0.2, -0.15) is 13.2 Å². The summed E-state index contributed by atoms with van der Waals surface area (Å²) in [4.78, 5) is 0. The van der Waals surface area contributed by atoms with Crippen molar-refractivity contribution in [1.82, 2.24) is 0 Å². The molecule has 0 amide bonds. The zero-order valence-corrected chi connectivity index (χ0v) is 13.1. The Bertz CT molecular complexity index is 399. The van der Waals surface area contributed by atoms with Crippen LogP contribution in [0.5, 0.6) is 0 Å². The first-order valence-electron chi connectivity index (χ1n) is 8.28. The van der Waals surface area contributed by atoms with Gasteiger partial charge in [0.15, 0.2) is 0 Å². The van der Waals surface area contributed by atoms with Crippen LogP contribution >= 0.6 is 0 Å². The molecule has 0 radical (unpaired) electrons. The first-order valence-corrected chi connectivity index (χ1v) is 8.28. The molecular weight excluding hydrogens is 277 g/mol. The number of halogens is 3. The quantitative estimate of drug-likeness (QED) is 0.768. The summed E-state index contributed by atoms with van der Waals surface area (Å²) in [6.07, 6.45) is 1.73. The van der Waals surface area contributed by atoms with E-state index in [0.717, 1.165) is 19.3 Å². The number of aliphatic hydroxyl groups excluding tert-OH is 1. The van der Waals surface area contributed by atoms with Gasteiger partial charge in [-0.25, -0.2) is 0 Å². The summed E-state index contributed by atoms with van der Waals surface area (Å²) < 4.78 is 36.9. The first kappa shape index (κ1) is 15.6. The van der Waals surface area contributed by atoms with Crippen LogP contribution in [0.3, 0.4) is 0 Å². The maximum Gasteiger partial charge on any atom is 0.389 e. The monoisotopic (exact) mass is 304 g/mol. The Morgan fingerprint density at radius 2 is 1.62 bits per heavy atom. The fraction of sp³-hybridized carbons (Fsp3) is 1.00. The van der Waals surface area contributed by atoms with Crippen molar-refractivity contribution in [3.8, 4) is 0 Å². The molecule has 0 aromatic heterocycles. The van der Waals surface area contributed by atoms with Crippen molar-refractivity contribution in [3.63, 3.8) is 0 Å². The molecule has 4 rings (SSSR count). The van der Waals surface area contributed by atoms with Gasteiger partial charge < -0.3 is 5.11 Å². The van der Waals surface area contributed by atoms with Crippen molar-refractivity contribution < 1.29 is 18.3 Å². The molecule has 3 unspecified atom stereocenters. The van der Waals surface area contributed by atoms with Crippen LogP contribution in [0.15, 0.2) is 0 Å². The summed E-state index contributed by atoms with van der Waals surface area (Å²) in [5, 5.41) is 10.7. The zero-order chi connectivity index (χ0) is 15.5. The van der Waals surface area contributed by atoms with Crippen LogP contribution in [0.4, 0.5) is 13.2 Å². The summed E-state index contributed by atoms with van der Waals surface area (Å²) in [6.45, 7) is 4.65. The number of hydrogen-bond acceptors (Lipinski definition) is 1. The molecule has 0 aliphatic heterocycles. The summed E-state index contributed by atoms with van der Waals surface area (Å²) in [7, 11) is 0. The lowest BCUT2D eigenvalue weighted by Crippen LogP contribution is -2.58. The van der Waals surface area contributed by atoms with Gasteiger partial charge in [0.1, 0.15) is 0 Å². The molecule has 0 saturated heterocycles. The second-order valence-corrected chi connectivity index (χ2v) is 9.02. The van der Waals surface area contributed by atoms with Gasteiger partial charge in [0.05, 0.1) is 6.10 Å². The second-order valence-electron chi connectivity index (χ2n) is 9.02. The Hall–Kier alpha value is -0.250. The highest BCUT2D eigenvalue weighted by molar-refractivity contribution is 5.12. The standard InChI is InChI=1S/C17H27F3O/c1-14-6-12-7-15(2,9-14)11-16(8-12,10-14)13(21)4-3-5-17(18,19)20/h12-13,21H,3-11H2,1-2H3. The summed E-state index contributed by atoms with van der Waals surface area (Å²) in [5.41, 5.74) is 0.507. The normalized spacial score (nSPS) is 46.9. The molecule has 0 heterocycles.